The van der Waals surface area contributed by atoms with E-state index in [2.05, 4.69) is 4.98 Å². The second kappa shape index (κ2) is 8.53. The Hall–Kier alpha value is -4.15. The molecule has 1 atom stereocenters. The predicted octanol–water partition coefficient (Wildman–Crippen LogP) is 4.24. The summed E-state index contributed by atoms with van der Waals surface area (Å²) in [6, 6.07) is 16.9. The summed E-state index contributed by atoms with van der Waals surface area (Å²) in [5.41, 5.74) is 1.22. The molecule has 158 valence electrons. The molecule has 0 radical (unpaired) electrons. The lowest BCUT2D eigenvalue weighted by Crippen LogP contribution is -2.29. The van der Waals surface area contributed by atoms with Crippen LogP contribution >= 0.6 is 11.6 Å². The van der Waals surface area contributed by atoms with E-state index in [9.17, 15) is 14.7 Å². The Balaban J connectivity index is 1.96. The maximum atomic E-state index is 13.1. The lowest BCUT2D eigenvalue weighted by Gasteiger charge is -2.24. The highest BCUT2D eigenvalue weighted by Crippen LogP contribution is 2.43. The smallest absolute Gasteiger partial charge is 0.300 e. The molecule has 1 aromatic heterocycles. The van der Waals surface area contributed by atoms with Crippen molar-refractivity contribution in [2.45, 2.75) is 6.04 Å². The molecular formula is C24H16ClN3O4. The van der Waals surface area contributed by atoms with Gasteiger partial charge in [0, 0.05) is 16.9 Å². The number of nitrogens with zero attached hydrogens (tertiary/aromatic N) is 3. The number of benzene rings is 2. The van der Waals surface area contributed by atoms with E-state index in [1.54, 1.807) is 54.6 Å². The number of nitriles is 1. The first-order valence-electron chi connectivity index (χ1n) is 9.52. The van der Waals surface area contributed by atoms with E-state index >= 15 is 0 Å². The highest BCUT2D eigenvalue weighted by molar-refractivity contribution is 6.51. The average molecular weight is 446 g/mol. The van der Waals surface area contributed by atoms with E-state index < -0.39 is 23.5 Å². The highest BCUT2D eigenvalue weighted by atomic mass is 35.5. The number of anilines is 1. The van der Waals surface area contributed by atoms with Crippen molar-refractivity contribution in [2.24, 2.45) is 0 Å². The van der Waals surface area contributed by atoms with Crippen LogP contribution in [0.5, 0.6) is 5.75 Å². The second-order valence-corrected chi connectivity index (χ2v) is 7.36. The third kappa shape index (κ3) is 3.57. The van der Waals surface area contributed by atoms with Crippen molar-refractivity contribution >= 4 is 34.7 Å². The average Bonchev–Trinajstić information content (AvgIpc) is 3.09. The number of Topliss-reactive ketones (excluding diaryl/α,β-unsaturated/α-hetero) is 1. The number of halogens is 1. The van der Waals surface area contributed by atoms with Crippen LogP contribution in [-0.4, -0.2) is 28.9 Å². The number of amides is 1. The van der Waals surface area contributed by atoms with Crippen LogP contribution in [0.1, 0.15) is 22.9 Å². The predicted molar refractivity (Wildman–Crippen MR) is 118 cm³/mol. The van der Waals surface area contributed by atoms with E-state index in [4.69, 9.17) is 21.6 Å². The van der Waals surface area contributed by atoms with Crippen molar-refractivity contribution in [3.8, 4) is 11.8 Å². The molecule has 0 saturated carbocycles. The normalized spacial score (nSPS) is 17.3. The molecule has 32 heavy (non-hydrogen) atoms. The number of aliphatic hydroxyl groups excluding tert-OH is 1. The van der Waals surface area contributed by atoms with Crippen LogP contribution in [0.3, 0.4) is 0 Å². The summed E-state index contributed by atoms with van der Waals surface area (Å²) in [5, 5.41) is 20.6. The van der Waals surface area contributed by atoms with E-state index in [1.165, 1.54) is 24.3 Å². The fourth-order valence-corrected chi connectivity index (χ4v) is 3.80. The minimum absolute atomic E-state index is 0.140. The first-order chi connectivity index (χ1) is 15.5. The lowest BCUT2D eigenvalue weighted by atomic mass is 9.97. The molecule has 3 aromatic rings. The number of ether oxygens (including phenoxy) is 1. The number of pyridine rings is 1. The maximum absolute atomic E-state index is 13.1. The summed E-state index contributed by atoms with van der Waals surface area (Å²) in [6.07, 6.45) is 1.54. The Morgan fingerprint density at radius 3 is 2.53 bits per heavy atom. The fraction of sp³-hybridized carbons (Fsp3) is 0.0833. The van der Waals surface area contributed by atoms with Gasteiger partial charge in [0.15, 0.2) is 0 Å². The molecule has 8 heteroatoms. The number of aromatic nitrogens is 1. The zero-order valence-electron chi connectivity index (χ0n) is 16.8. The molecule has 7 nitrogen and oxygen atoms in total. The van der Waals surface area contributed by atoms with Crippen LogP contribution in [-0.2, 0) is 9.59 Å². The quantitative estimate of drug-likeness (QED) is 0.366. The van der Waals surface area contributed by atoms with Gasteiger partial charge in [0.2, 0.25) is 0 Å². The molecule has 1 aliphatic rings. The van der Waals surface area contributed by atoms with Gasteiger partial charge in [0.1, 0.15) is 17.6 Å². The number of carbonyl (C=O) groups is 2. The molecule has 1 N–H and O–H groups in total. The van der Waals surface area contributed by atoms with Gasteiger partial charge in [0.05, 0.1) is 35.6 Å². The number of hydrogen-bond acceptors (Lipinski definition) is 6. The molecule has 0 bridgehead atoms. The molecule has 0 spiro atoms. The van der Waals surface area contributed by atoms with Gasteiger partial charge in [-0.1, -0.05) is 17.7 Å². The molecule has 1 saturated heterocycles. The Morgan fingerprint density at radius 1 is 1.16 bits per heavy atom. The molecule has 1 unspecified atom stereocenters. The summed E-state index contributed by atoms with van der Waals surface area (Å²) >= 11 is 6.11. The van der Waals surface area contributed by atoms with Crippen molar-refractivity contribution in [2.75, 3.05) is 12.0 Å². The Bertz CT molecular complexity index is 1280. The van der Waals surface area contributed by atoms with Crippen LogP contribution in [0.2, 0.25) is 5.02 Å². The summed E-state index contributed by atoms with van der Waals surface area (Å²) in [5.74, 6) is -1.83. The summed E-state index contributed by atoms with van der Waals surface area (Å²) in [7, 11) is 1.42. The third-order valence-electron chi connectivity index (χ3n) is 5.10. The monoisotopic (exact) mass is 445 g/mol. The molecule has 1 aliphatic heterocycles. The van der Waals surface area contributed by atoms with Crippen LogP contribution in [0.4, 0.5) is 5.69 Å². The number of aliphatic hydroxyl groups is 1. The Morgan fingerprint density at radius 2 is 1.91 bits per heavy atom. The van der Waals surface area contributed by atoms with Gasteiger partial charge in [-0.3, -0.25) is 19.5 Å². The Kier molecular flexibility index (Phi) is 5.63. The number of methoxy groups -OCH3 is 1. The minimum Gasteiger partial charge on any atom is -0.507 e. The van der Waals surface area contributed by atoms with E-state index in [0.717, 1.165) is 0 Å². The van der Waals surface area contributed by atoms with E-state index in [0.29, 0.717) is 22.0 Å². The van der Waals surface area contributed by atoms with Crippen molar-refractivity contribution in [1.29, 1.82) is 5.26 Å². The second-order valence-electron chi connectivity index (χ2n) is 6.93. The molecule has 4 rings (SSSR count). The first-order valence-corrected chi connectivity index (χ1v) is 9.90. The zero-order valence-corrected chi connectivity index (χ0v) is 17.6. The Labute approximate surface area is 188 Å². The van der Waals surface area contributed by atoms with Gasteiger partial charge < -0.3 is 9.84 Å². The molecule has 0 aliphatic carbocycles. The fourth-order valence-electron chi connectivity index (χ4n) is 3.62. The molecule has 1 fully saturated rings. The highest BCUT2D eigenvalue weighted by Gasteiger charge is 2.47. The standard InChI is InChI=1S/C24H16ClN3O4/c1-32-19-10-7-15(25)12-17(19)22(29)20-21(18-4-2-3-11-27-18)28(24(31)23(20)30)16-8-5-14(13-26)6-9-16/h2-12,21,29H,1H3/b22-20+. The third-order valence-corrected chi connectivity index (χ3v) is 5.34. The van der Waals surface area contributed by atoms with Crippen molar-refractivity contribution in [1.82, 2.24) is 4.98 Å². The van der Waals surface area contributed by atoms with Crippen molar-refractivity contribution < 1.29 is 19.4 Å². The number of rotatable bonds is 4. The van der Waals surface area contributed by atoms with Gasteiger partial charge >= 0.3 is 0 Å². The minimum atomic E-state index is -0.993. The van der Waals surface area contributed by atoms with Gasteiger partial charge in [0.25, 0.3) is 11.7 Å². The number of carbonyl (C=O) groups excluding carboxylic acids is 2. The SMILES string of the molecule is COc1ccc(Cl)cc1/C(O)=C1\C(=O)C(=O)N(c2ccc(C#N)cc2)C1c1ccccn1. The van der Waals surface area contributed by atoms with Gasteiger partial charge in [-0.05, 0) is 54.6 Å². The van der Waals surface area contributed by atoms with Crippen molar-refractivity contribution in [3.63, 3.8) is 0 Å². The molecule has 2 heterocycles. The van der Waals surface area contributed by atoms with Gasteiger partial charge in [-0.2, -0.15) is 5.26 Å². The van der Waals surface area contributed by atoms with Gasteiger partial charge in [-0.15, -0.1) is 0 Å². The van der Waals surface area contributed by atoms with Crippen LogP contribution in [0.25, 0.3) is 5.76 Å². The number of ketones is 1. The first kappa shape index (κ1) is 21.1. The summed E-state index contributed by atoms with van der Waals surface area (Å²) in [6.45, 7) is 0. The molecular weight excluding hydrogens is 430 g/mol. The topological polar surface area (TPSA) is 104 Å². The number of hydrogen-bond donors (Lipinski definition) is 1. The van der Waals surface area contributed by atoms with Crippen molar-refractivity contribution in [3.05, 3.63) is 94.3 Å². The van der Waals surface area contributed by atoms with Gasteiger partial charge in [-0.25, -0.2) is 0 Å². The maximum Gasteiger partial charge on any atom is 0.300 e. The van der Waals surface area contributed by atoms with E-state index in [-0.39, 0.29) is 16.9 Å². The van der Waals surface area contributed by atoms with E-state index in [1.807, 2.05) is 6.07 Å². The molecule has 1 amide bonds. The summed E-state index contributed by atoms with van der Waals surface area (Å²) < 4.78 is 5.31. The zero-order chi connectivity index (χ0) is 22.8. The van der Waals surface area contributed by atoms with Crippen LogP contribution in [0, 0.1) is 11.3 Å². The largest absolute Gasteiger partial charge is 0.507 e. The summed E-state index contributed by atoms with van der Waals surface area (Å²) in [4.78, 5) is 31.8. The van der Waals surface area contributed by atoms with Crippen LogP contribution in [0.15, 0.2) is 72.4 Å². The molecule has 2 aromatic carbocycles. The van der Waals surface area contributed by atoms with Crippen LogP contribution < -0.4 is 9.64 Å². The lowest BCUT2D eigenvalue weighted by molar-refractivity contribution is -0.132.